The van der Waals surface area contributed by atoms with Crippen LogP contribution in [0.15, 0.2) is 24.3 Å². The normalized spacial score (nSPS) is 18.5. The molecule has 0 aromatic heterocycles. The summed E-state index contributed by atoms with van der Waals surface area (Å²) in [5, 5.41) is 3.72. The van der Waals surface area contributed by atoms with Crippen molar-refractivity contribution in [1.82, 2.24) is 5.32 Å². The molecule has 0 aliphatic heterocycles. The molecule has 0 spiro atoms. The summed E-state index contributed by atoms with van der Waals surface area (Å²) in [7, 11) is 0. The maximum atomic E-state index is 11.7. The largest absolute Gasteiger partial charge is 0.348 e. The van der Waals surface area contributed by atoms with Gasteiger partial charge in [0, 0.05) is 5.02 Å². The molecule has 1 amide bonds. The van der Waals surface area contributed by atoms with Crippen molar-refractivity contribution in [2.75, 3.05) is 0 Å². The topological polar surface area (TPSA) is 55.1 Å². The summed E-state index contributed by atoms with van der Waals surface area (Å²) in [6, 6.07) is 7.24. The van der Waals surface area contributed by atoms with Gasteiger partial charge in [-0.15, -0.1) is 0 Å². The highest BCUT2D eigenvalue weighted by molar-refractivity contribution is 6.30. The molecule has 3 nitrogen and oxygen atoms in total. The molecule has 3 N–H and O–H groups in total. The quantitative estimate of drug-likeness (QED) is 0.864. The van der Waals surface area contributed by atoms with Crippen LogP contribution in [-0.2, 0) is 4.79 Å². The van der Waals surface area contributed by atoms with E-state index >= 15 is 0 Å². The second-order valence-corrected chi connectivity index (χ2v) is 5.10. The lowest BCUT2D eigenvalue weighted by atomic mass is 10.0. The SMILES string of the molecule is CC(N)C(=O)NC(c1ccc(Cl)cc1)C1CC1. The zero-order chi connectivity index (χ0) is 12.4. The molecule has 1 aliphatic carbocycles. The van der Waals surface area contributed by atoms with E-state index in [2.05, 4.69) is 5.32 Å². The highest BCUT2D eigenvalue weighted by atomic mass is 35.5. The van der Waals surface area contributed by atoms with Crippen molar-refractivity contribution in [3.8, 4) is 0 Å². The summed E-state index contributed by atoms with van der Waals surface area (Å²) in [4.78, 5) is 11.7. The number of hydrogen-bond acceptors (Lipinski definition) is 2. The Bertz CT molecular complexity index is 398. The Labute approximate surface area is 106 Å². The number of halogens is 1. The second kappa shape index (κ2) is 5.07. The monoisotopic (exact) mass is 252 g/mol. The second-order valence-electron chi connectivity index (χ2n) is 4.66. The van der Waals surface area contributed by atoms with E-state index in [-0.39, 0.29) is 11.9 Å². The lowest BCUT2D eigenvalue weighted by Crippen LogP contribution is -2.40. The molecule has 1 aromatic rings. The number of nitrogens with two attached hydrogens (primary N) is 1. The number of benzene rings is 1. The third-order valence-electron chi connectivity index (χ3n) is 3.03. The van der Waals surface area contributed by atoms with Crippen molar-refractivity contribution in [2.45, 2.75) is 31.8 Å². The molecule has 1 saturated carbocycles. The molecule has 1 fully saturated rings. The summed E-state index contributed by atoms with van der Waals surface area (Å²) in [5.74, 6) is 0.440. The van der Waals surface area contributed by atoms with Crippen LogP contribution in [0.4, 0.5) is 0 Å². The Hall–Kier alpha value is -1.06. The predicted molar refractivity (Wildman–Crippen MR) is 68.7 cm³/mol. The molecule has 4 heteroatoms. The lowest BCUT2D eigenvalue weighted by molar-refractivity contribution is -0.122. The van der Waals surface area contributed by atoms with Crippen molar-refractivity contribution in [3.63, 3.8) is 0 Å². The number of carbonyl (C=O) groups excluding carboxylic acids is 1. The minimum absolute atomic E-state index is 0.0748. The van der Waals surface area contributed by atoms with Crippen LogP contribution in [0.25, 0.3) is 0 Å². The van der Waals surface area contributed by atoms with E-state index in [0.29, 0.717) is 10.9 Å². The minimum atomic E-state index is -0.469. The molecule has 0 saturated heterocycles. The molecule has 1 aliphatic rings. The zero-order valence-electron chi connectivity index (χ0n) is 9.82. The summed E-state index contributed by atoms with van der Waals surface area (Å²) in [5.41, 5.74) is 6.68. The molecule has 1 aromatic carbocycles. The van der Waals surface area contributed by atoms with Gasteiger partial charge in [-0.3, -0.25) is 4.79 Å². The van der Waals surface area contributed by atoms with Gasteiger partial charge in [0.15, 0.2) is 0 Å². The summed E-state index contributed by atoms with van der Waals surface area (Å²) < 4.78 is 0. The number of hydrogen-bond donors (Lipinski definition) is 2. The number of nitrogens with one attached hydrogen (secondary N) is 1. The molecule has 92 valence electrons. The summed E-state index contributed by atoms with van der Waals surface area (Å²) in [6.07, 6.45) is 2.32. The molecular formula is C13H17ClN2O. The molecule has 2 atom stereocenters. The van der Waals surface area contributed by atoms with Gasteiger partial charge in [0.1, 0.15) is 0 Å². The Morgan fingerprint density at radius 1 is 1.41 bits per heavy atom. The van der Waals surface area contributed by atoms with Gasteiger partial charge in [-0.1, -0.05) is 23.7 Å². The van der Waals surface area contributed by atoms with Crippen LogP contribution in [0.3, 0.4) is 0 Å². The average molecular weight is 253 g/mol. The third-order valence-corrected chi connectivity index (χ3v) is 3.29. The van der Waals surface area contributed by atoms with E-state index < -0.39 is 6.04 Å². The van der Waals surface area contributed by atoms with Gasteiger partial charge in [0.2, 0.25) is 5.91 Å². The molecule has 0 heterocycles. The van der Waals surface area contributed by atoms with Gasteiger partial charge in [-0.25, -0.2) is 0 Å². The first-order valence-electron chi connectivity index (χ1n) is 5.89. The first-order chi connectivity index (χ1) is 8.08. The van der Waals surface area contributed by atoms with Crippen LogP contribution < -0.4 is 11.1 Å². The van der Waals surface area contributed by atoms with Gasteiger partial charge in [0.25, 0.3) is 0 Å². The van der Waals surface area contributed by atoms with Crippen molar-refractivity contribution in [3.05, 3.63) is 34.9 Å². The summed E-state index contributed by atoms with van der Waals surface area (Å²) >= 11 is 5.86. The fraction of sp³-hybridized carbons (Fsp3) is 0.462. The molecule has 2 unspecified atom stereocenters. The van der Waals surface area contributed by atoms with Gasteiger partial charge < -0.3 is 11.1 Å². The molecular weight excluding hydrogens is 236 g/mol. The molecule has 0 radical (unpaired) electrons. The molecule has 2 rings (SSSR count). The number of carbonyl (C=O) groups is 1. The highest BCUT2D eigenvalue weighted by Crippen LogP contribution is 2.41. The number of amides is 1. The van der Waals surface area contributed by atoms with Crippen LogP contribution >= 0.6 is 11.6 Å². The van der Waals surface area contributed by atoms with E-state index in [0.717, 1.165) is 18.4 Å². The molecule has 17 heavy (non-hydrogen) atoms. The minimum Gasteiger partial charge on any atom is -0.348 e. The standard InChI is InChI=1S/C13H17ClN2O/c1-8(15)13(17)16-12(9-2-3-9)10-4-6-11(14)7-5-10/h4-9,12H,2-3,15H2,1H3,(H,16,17). The predicted octanol–water partition coefficient (Wildman–Crippen LogP) is 2.25. The van der Waals surface area contributed by atoms with Crippen LogP contribution in [0.5, 0.6) is 0 Å². The van der Waals surface area contributed by atoms with E-state index in [1.807, 2.05) is 24.3 Å². The van der Waals surface area contributed by atoms with Crippen LogP contribution in [-0.4, -0.2) is 11.9 Å². The van der Waals surface area contributed by atoms with Gasteiger partial charge in [0.05, 0.1) is 12.1 Å². The Morgan fingerprint density at radius 2 is 2.00 bits per heavy atom. The van der Waals surface area contributed by atoms with Crippen molar-refractivity contribution >= 4 is 17.5 Å². The van der Waals surface area contributed by atoms with E-state index in [1.54, 1.807) is 6.92 Å². The number of rotatable bonds is 4. The first-order valence-corrected chi connectivity index (χ1v) is 6.27. The Morgan fingerprint density at radius 3 is 2.47 bits per heavy atom. The van der Waals surface area contributed by atoms with Crippen molar-refractivity contribution in [2.24, 2.45) is 11.7 Å². The van der Waals surface area contributed by atoms with E-state index in [9.17, 15) is 4.79 Å². The van der Waals surface area contributed by atoms with Gasteiger partial charge in [-0.2, -0.15) is 0 Å². The molecule has 0 bridgehead atoms. The Kier molecular flexibility index (Phi) is 3.69. The fourth-order valence-corrected chi connectivity index (χ4v) is 1.98. The third kappa shape index (κ3) is 3.20. The van der Waals surface area contributed by atoms with Gasteiger partial charge in [-0.05, 0) is 43.4 Å². The average Bonchev–Trinajstić information content (AvgIpc) is 3.10. The first kappa shape index (κ1) is 12.4. The fourth-order valence-electron chi connectivity index (χ4n) is 1.86. The maximum absolute atomic E-state index is 11.7. The van der Waals surface area contributed by atoms with E-state index in [1.165, 1.54) is 0 Å². The summed E-state index contributed by atoms with van der Waals surface area (Å²) in [6.45, 7) is 1.70. The van der Waals surface area contributed by atoms with Crippen LogP contribution in [0.2, 0.25) is 5.02 Å². The zero-order valence-corrected chi connectivity index (χ0v) is 10.6. The maximum Gasteiger partial charge on any atom is 0.237 e. The van der Waals surface area contributed by atoms with Crippen molar-refractivity contribution in [1.29, 1.82) is 0 Å². The van der Waals surface area contributed by atoms with Gasteiger partial charge >= 0.3 is 0 Å². The Balaban J connectivity index is 2.12. The highest BCUT2D eigenvalue weighted by Gasteiger charge is 2.33. The smallest absolute Gasteiger partial charge is 0.237 e. The lowest BCUT2D eigenvalue weighted by Gasteiger charge is -2.20. The van der Waals surface area contributed by atoms with E-state index in [4.69, 9.17) is 17.3 Å². The van der Waals surface area contributed by atoms with Crippen molar-refractivity contribution < 1.29 is 4.79 Å². The van der Waals surface area contributed by atoms with Crippen LogP contribution in [0, 0.1) is 5.92 Å². The van der Waals surface area contributed by atoms with Crippen LogP contribution in [0.1, 0.15) is 31.4 Å².